The Balaban J connectivity index is 2.81. The minimum Gasteiger partial charge on any atom is -0.385 e. The maximum Gasteiger partial charge on any atom is 0.136 e. The Morgan fingerprint density at radius 2 is 1.81 bits per heavy atom. The van der Waals surface area contributed by atoms with Crippen molar-refractivity contribution in [3.63, 3.8) is 0 Å². The van der Waals surface area contributed by atoms with Crippen molar-refractivity contribution in [3.8, 4) is 0 Å². The van der Waals surface area contributed by atoms with Crippen LogP contribution in [0.1, 0.15) is 6.92 Å². The second-order valence-corrected chi connectivity index (χ2v) is 3.44. The molecule has 0 aromatic heterocycles. The molecule has 0 aliphatic carbocycles. The van der Waals surface area contributed by atoms with Crippen LogP contribution >= 0.6 is 0 Å². The van der Waals surface area contributed by atoms with Crippen LogP contribution in [0.5, 0.6) is 0 Å². The molecule has 2 rings (SSSR count). The second-order valence-electron chi connectivity index (χ2n) is 3.44. The van der Waals surface area contributed by atoms with Gasteiger partial charge in [-0.15, -0.1) is 0 Å². The highest BCUT2D eigenvalue weighted by Gasteiger charge is 2.11. The van der Waals surface area contributed by atoms with Gasteiger partial charge in [0.2, 0.25) is 0 Å². The molecule has 0 saturated heterocycles. The molecular weight excluding hydrogens is 215 g/mol. The molecule has 1 N–H and O–H groups in total. The van der Waals surface area contributed by atoms with Gasteiger partial charge in [0.15, 0.2) is 0 Å². The number of benzene rings is 2. The predicted molar refractivity (Wildman–Crippen MR) is 58.0 cm³/mol. The van der Waals surface area contributed by atoms with E-state index in [-0.39, 0.29) is 10.8 Å². The van der Waals surface area contributed by atoms with Gasteiger partial charge < -0.3 is 5.32 Å². The summed E-state index contributed by atoms with van der Waals surface area (Å²) in [6.07, 6.45) is 0. The predicted octanol–water partition coefficient (Wildman–Crippen LogP) is 3.69. The number of nitrogens with one attached hydrogen (secondary N) is 1. The van der Waals surface area contributed by atoms with Crippen LogP contribution in [0.3, 0.4) is 0 Å². The summed E-state index contributed by atoms with van der Waals surface area (Å²) >= 11 is 0. The van der Waals surface area contributed by atoms with Crippen molar-refractivity contribution in [1.82, 2.24) is 0 Å². The number of rotatable bonds is 2. The van der Waals surface area contributed by atoms with Gasteiger partial charge in [0.25, 0.3) is 0 Å². The summed E-state index contributed by atoms with van der Waals surface area (Å²) in [5.41, 5.74) is 0.525. The minimum absolute atomic E-state index is 0.181. The molecule has 1 nitrogen and oxygen atoms in total. The summed E-state index contributed by atoms with van der Waals surface area (Å²) in [4.78, 5) is 0. The zero-order valence-corrected chi connectivity index (χ0v) is 8.65. The SMILES string of the molecule is CCNc1ccc(F)c2c(F)cc(F)cc12. The molecule has 16 heavy (non-hydrogen) atoms. The van der Waals surface area contributed by atoms with Crippen molar-refractivity contribution in [2.75, 3.05) is 11.9 Å². The molecule has 0 heterocycles. The molecule has 84 valence electrons. The van der Waals surface area contributed by atoms with Crippen LogP contribution in [0.4, 0.5) is 18.9 Å². The van der Waals surface area contributed by atoms with Gasteiger partial charge in [-0.05, 0) is 25.1 Å². The minimum atomic E-state index is -0.882. The molecule has 0 atom stereocenters. The highest BCUT2D eigenvalue weighted by molar-refractivity contribution is 5.94. The summed E-state index contributed by atoms with van der Waals surface area (Å²) in [7, 11) is 0. The van der Waals surface area contributed by atoms with E-state index in [0.717, 1.165) is 6.07 Å². The molecular formula is C12H10F3N. The molecule has 2 aromatic rings. The van der Waals surface area contributed by atoms with E-state index in [0.29, 0.717) is 18.3 Å². The molecule has 0 amide bonds. The first-order valence-electron chi connectivity index (χ1n) is 4.94. The molecule has 0 saturated carbocycles. The molecule has 0 spiro atoms. The first-order valence-corrected chi connectivity index (χ1v) is 4.94. The number of anilines is 1. The van der Waals surface area contributed by atoms with E-state index in [2.05, 4.69) is 5.32 Å². The maximum absolute atomic E-state index is 13.4. The fraction of sp³-hybridized carbons (Fsp3) is 0.167. The third-order valence-corrected chi connectivity index (χ3v) is 2.35. The fourth-order valence-corrected chi connectivity index (χ4v) is 1.70. The zero-order chi connectivity index (χ0) is 11.7. The maximum atomic E-state index is 13.4. The Morgan fingerprint density at radius 3 is 2.50 bits per heavy atom. The number of hydrogen-bond acceptors (Lipinski definition) is 1. The standard InChI is InChI=1S/C12H10F3N/c1-2-16-11-4-3-9(14)12-8(11)5-7(13)6-10(12)15/h3-6,16H,2H2,1H3. The van der Waals surface area contributed by atoms with Crippen LogP contribution in [0.2, 0.25) is 0 Å². The lowest BCUT2D eigenvalue weighted by atomic mass is 10.1. The Hall–Kier alpha value is -1.71. The first-order chi connectivity index (χ1) is 7.63. The van der Waals surface area contributed by atoms with E-state index in [4.69, 9.17) is 0 Å². The number of halogens is 3. The number of hydrogen-bond donors (Lipinski definition) is 1. The summed E-state index contributed by atoms with van der Waals surface area (Å²) in [6, 6.07) is 4.45. The third kappa shape index (κ3) is 1.71. The lowest BCUT2D eigenvalue weighted by Crippen LogP contribution is -1.99. The molecule has 0 unspecified atom stereocenters. The topological polar surface area (TPSA) is 12.0 Å². The van der Waals surface area contributed by atoms with Crippen molar-refractivity contribution in [1.29, 1.82) is 0 Å². The Morgan fingerprint density at radius 1 is 1.06 bits per heavy atom. The van der Waals surface area contributed by atoms with E-state index in [1.807, 2.05) is 6.92 Å². The van der Waals surface area contributed by atoms with Gasteiger partial charge in [-0.25, -0.2) is 13.2 Å². The van der Waals surface area contributed by atoms with Gasteiger partial charge in [-0.2, -0.15) is 0 Å². The molecule has 0 aliphatic rings. The molecule has 2 aromatic carbocycles. The highest BCUT2D eigenvalue weighted by atomic mass is 19.1. The van der Waals surface area contributed by atoms with Crippen LogP contribution in [0.15, 0.2) is 24.3 Å². The van der Waals surface area contributed by atoms with E-state index < -0.39 is 17.5 Å². The highest BCUT2D eigenvalue weighted by Crippen LogP contribution is 2.29. The van der Waals surface area contributed by atoms with E-state index >= 15 is 0 Å². The molecule has 0 radical (unpaired) electrons. The van der Waals surface area contributed by atoms with E-state index in [1.54, 1.807) is 0 Å². The Labute approximate surface area is 90.9 Å². The van der Waals surface area contributed by atoms with Gasteiger partial charge in [-0.1, -0.05) is 0 Å². The monoisotopic (exact) mass is 225 g/mol. The fourth-order valence-electron chi connectivity index (χ4n) is 1.70. The first kappa shape index (κ1) is 10.8. The van der Waals surface area contributed by atoms with Crippen molar-refractivity contribution in [3.05, 3.63) is 41.7 Å². The molecule has 0 bridgehead atoms. The lowest BCUT2D eigenvalue weighted by Gasteiger charge is -2.09. The summed E-state index contributed by atoms with van der Waals surface area (Å²) < 4.78 is 39.9. The van der Waals surface area contributed by atoms with Crippen LogP contribution in [-0.4, -0.2) is 6.54 Å². The summed E-state index contributed by atoms with van der Waals surface area (Å²) in [6.45, 7) is 2.45. The van der Waals surface area contributed by atoms with E-state index in [9.17, 15) is 13.2 Å². The lowest BCUT2D eigenvalue weighted by molar-refractivity contribution is 0.581. The third-order valence-electron chi connectivity index (χ3n) is 2.35. The van der Waals surface area contributed by atoms with Gasteiger partial charge in [0, 0.05) is 23.7 Å². The van der Waals surface area contributed by atoms with Crippen molar-refractivity contribution < 1.29 is 13.2 Å². The normalized spacial score (nSPS) is 10.8. The average Bonchev–Trinajstić information content (AvgIpc) is 2.21. The molecule has 0 fully saturated rings. The van der Waals surface area contributed by atoms with Gasteiger partial charge in [0.05, 0.1) is 5.39 Å². The Kier molecular flexibility index (Phi) is 2.73. The van der Waals surface area contributed by atoms with Gasteiger partial charge >= 0.3 is 0 Å². The smallest absolute Gasteiger partial charge is 0.136 e. The molecule has 0 aliphatic heterocycles. The summed E-state index contributed by atoms with van der Waals surface area (Å²) in [5.74, 6) is -2.28. The van der Waals surface area contributed by atoms with Crippen LogP contribution < -0.4 is 5.32 Å². The number of fused-ring (bicyclic) bond motifs is 1. The van der Waals surface area contributed by atoms with E-state index in [1.165, 1.54) is 12.1 Å². The van der Waals surface area contributed by atoms with Crippen molar-refractivity contribution >= 4 is 16.5 Å². The Bertz CT molecular complexity index is 537. The van der Waals surface area contributed by atoms with Crippen molar-refractivity contribution in [2.45, 2.75) is 6.92 Å². The van der Waals surface area contributed by atoms with Gasteiger partial charge in [0.1, 0.15) is 17.5 Å². The summed E-state index contributed by atoms with van der Waals surface area (Å²) in [5, 5.41) is 2.97. The van der Waals surface area contributed by atoms with Gasteiger partial charge in [-0.3, -0.25) is 0 Å². The van der Waals surface area contributed by atoms with Crippen LogP contribution in [0, 0.1) is 17.5 Å². The van der Waals surface area contributed by atoms with Crippen LogP contribution in [0.25, 0.3) is 10.8 Å². The second kappa shape index (κ2) is 4.04. The van der Waals surface area contributed by atoms with Crippen molar-refractivity contribution in [2.24, 2.45) is 0 Å². The molecule has 4 heteroatoms. The average molecular weight is 225 g/mol. The quantitative estimate of drug-likeness (QED) is 0.821. The largest absolute Gasteiger partial charge is 0.385 e. The van der Waals surface area contributed by atoms with Crippen LogP contribution in [-0.2, 0) is 0 Å². The zero-order valence-electron chi connectivity index (χ0n) is 8.65.